The summed E-state index contributed by atoms with van der Waals surface area (Å²) in [7, 11) is -3.74. The second kappa shape index (κ2) is 7.39. The number of benzene rings is 2. The number of amides is 1. The fourth-order valence-electron chi connectivity index (χ4n) is 3.71. The number of primary sulfonamides is 1. The first-order valence-electron chi connectivity index (χ1n) is 8.91. The number of hydrogen-bond donors (Lipinski definition) is 2. The number of sulfonamides is 1. The van der Waals surface area contributed by atoms with Gasteiger partial charge in [0.05, 0.1) is 23.1 Å². The molecule has 150 valence electrons. The van der Waals surface area contributed by atoms with Crippen LogP contribution >= 0.6 is 11.6 Å². The van der Waals surface area contributed by atoms with Gasteiger partial charge in [0.15, 0.2) is 0 Å². The molecule has 0 heterocycles. The molecule has 0 aromatic heterocycles. The molecule has 0 aliphatic heterocycles. The smallest absolute Gasteiger partial charge is 0.238 e. The topological polar surface area (TPSA) is 98.5 Å². The van der Waals surface area contributed by atoms with Crippen molar-refractivity contribution in [3.8, 4) is 5.75 Å². The lowest BCUT2D eigenvalue weighted by Gasteiger charge is -2.12. The average Bonchev–Trinajstić information content (AvgIpc) is 3.19. The zero-order valence-electron chi connectivity index (χ0n) is 15.9. The molecule has 8 heteroatoms. The third-order valence-corrected chi connectivity index (χ3v) is 6.34. The van der Waals surface area contributed by atoms with Crippen molar-refractivity contribution in [2.24, 2.45) is 16.5 Å². The molecule has 3 N–H and O–H groups in total. The van der Waals surface area contributed by atoms with Crippen LogP contribution in [0.3, 0.4) is 0 Å². The van der Waals surface area contributed by atoms with Gasteiger partial charge in [-0.2, -0.15) is 0 Å². The van der Waals surface area contributed by atoms with Crippen LogP contribution in [-0.2, 0) is 14.8 Å². The van der Waals surface area contributed by atoms with E-state index in [1.165, 1.54) is 12.1 Å². The predicted molar refractivity (Wildman–Crippen MR) is 109 cm³/mol. The molecule has 6 nitrogen and oxygen atoms in total. The Balaban J connectivity index is 1.81. The van der Waals surface area contributed by atoms with Gasteiger partial charge in [-0.3, -0.25) is 4.79 Å². The number of halogens is 1. The summed E-state index contributed by atoms with van der Waals surface area (Å²) in [4.78, 5) is 13.0. The Labute approximate surface area is 170 Å². The molecule has 1 aliphatic rings. The highest BCUT2D eigenvalue weighted by atomic mass is 35.5. The van der Waals surface area contributed by atoms with E-state index in [1.54, 1.807) is 30.3 Å². The van der Waals surface area contributed by atoms with Gasteiger partial charge in [0.25, 0.3) is 0 Å². The maximum Gasteiger partial charge on any atom is 0.238 e. The van der Waals surface area contributed by atoms with Gasteiger partial charge < -0.3 is 10.1 Å². The molecule has 28 heavy (non-hydrogen) atoms. The molecule has 0 unspecified atom stereocenters. The highest BCUT2D eigenvalue weighted by Crippen LogP contribution is 2.64. The van der Waals surface area contributed by atoms with Crippen LogP contribution in [0.1, 0.15) is 32.3 Å². The summed E-state index contributed by atoms with van der Waals surface area (Å²) in [6.45, 7) is 6.36. The molecule has 0 radical (unpaired) electrons. The summed E-state index contributed by atoms with van der Waals surface area (Å²) in [6.07, 6.45) is 0. The monoisotopic (exact) mass is 422 g/mol. The van der Waals surface area contributed by atoms with E-state index < -0.39 is 10.0 Å². The molecular weight excluding hydrogens is 400 g/mol. The SMILES string of the molecule is CCOc1ccc(Cl)cc1NC(=O)[C@H]1[C@H](c2ccc(S(N)(=O)=O)cc2)C1(C)C. The molecule has 3 rings (SSSR count). The molecule has 2 atom stereocenters. The summed E-state index contributed by atoms with van der Waals surface area (Å²) < 4.78 is 28.4. The van der Waals surface area contributed by atoms with Crippen molar-refractivity contribution < 1.29 is 17.9 Å². The van der Waals surface area contributed by atoms with E-state index in [2.05, 4.69) is 5.32 Å². The largest absolute Gasteiger partial charge is 0.492 e. The maximum absolute atomic E-state index is 12.9. The summed E-state index contributed by atoms with van der Waals surface area (Å²) in [5.74, 6) is 0.138. The van der Waals surface area contributed by atoms with Gasteiger partial charge in [0.2, 0.25) is 15.9 Å². The van der Waals surface area contributed by atoms with Crippen LogP contribution in [0, 0.1) is 11.3 Å². The number of ether oxygens (including phenoxy) is 1. The molecule has 1 aliphatic carbocycles. The summed E-state index contributed by atoms with van der Waals surface area (Å²) in [5.41, 5.74) is 1.16. The van der Waals surface area contributed by atoms with Crippen LogP contribution in [0.4, 0.5) is 5.69 Å². The number of carbonyl (C=O) groups is 1. The van der Waals surface area contributed by atoms with Crippen molar-refractivity contribution in [1.29, 1.82) is 0 Å². The van der Waals surface area contributed by atoms with Crippen molar-refractivity contribution in [3.63, 3.8) is 0 Å². The van der Waals surface area contributed by atoms with Crippen molar-refractivity contribution in [1.82, 2.24) is 0 Å². The van der Waals surface area contributed by atoms with Gasteiger partial charge >= 0.3 is 0 Å². The number of hydrogen-bond acceptors (Lipinski definition) is 4. The molecule has 1 fully saturated rings. The van der Waals surface area contributed by atoms with Crippen molar-refractivity contribution in [2.45, 2.75) is 31.6 Å². The molecule has 0 spiro atoms. The van der Waals surface area contributed by atoms with Gasteiger partial charge in [-0.05, 0) is 48.2 Å². The molecule has 2 aromatic carbocycles. The number of carbonyl (C=O) groups excluding carboxylic acids is 1. The van der Waals surface area contributed by atoms with E-state index in [0.717, 1.165) is 5.56 Å². The quantitative estimate of drug-likeness (QED) is 0.740. The highest BCUT2D eigenvalue weighted by Gasteiger charge is 2.62. The van der Waals surface area contributed by atoms with Gasteiger partial charge in [0.1, 0.15) is 5.75 Å². The van der Waals surface area contributed by atoms with E-state index in [4.69, 9.17) is 21.5 Å². The van der Waals surface area contributed by atoms with Crippen LogP contribution in [0.25, 0.3) is 0 Å². The van der Waals surface area contributed by atoms with E-state index in [0.29, 0.717) is 23.1 Å². The van der Waals surface area contributed by atoms with Crippen molar-refractivity contribution in [2.75, 3.05) is 11.9 Å². The molecule has 0 saturated heterocycles. The number of rotatable bonds is 6. The third-order valence-electron chi connectivity index (χ3n) is 5.18. The lowest BCUT2D eigenvalue weighted by atomic mass is 10.0. The van der Waals surface area contributed by atoms with E-state index in [-0.39, 0.29) is 28.1 Å². The third kappa shape index (κ3) is 4.01. The zero-order valence-corrected chi connectivity index (χ0v) is 17.5. The summed E-state index contributed by atoms with van der Waals surface area (Å²) in [6, 6.07) is 11.5. The van der Waals surface area contributed by atoms with Crippen LogP contribution in [0.2, 0.25) is 5.02 Å². The fraction of sp³-hybridized carbons (Fsp3) is 0.350. The maximum atomic E-state index is 12.9. The van der Waals surface area contributed by atoms with Crippen molar-refractivity contribution >= 4 is 33.2 Å². The zero-order chi connectivity index (χ0) is 20.7. The Morgan fingerprint density at radius 1 is 1.21 bits per heavy atom. The number of nitrogens with two attached hydrogens (primary N) is 1. The minimum atomic E-state index is -3.74. The first-order valence-corrected chi connectivity index (χ1v) is 10.8. The van der Waals surface area contributed by atoms with E-state index >= 15 is 0 Å². The number of anilines is 1. The second-order valence-corrected chi connectivity index (χ2v) is 9.45. The average molecular weight is 423 g/mol. The van der Waals surface area contributed by atoms with Gasteiger partial charge in [0, 0.05) is 10.9 Å². The Bertz CT molecular complexity index is 1000. The van der Waals surface area contributed by atoms with E-state index in [9.17, 15) is 13.2 Å². The molecule has 1 saturated carbocycles. The molecule has 2 aromatic rings. The first-order chi connectivity index (χ1) is 13.1. The molecule has 0 bridgehead atoms. The van der Waals surface area contributed by atoms with E-state index in [1.807, 2.05) is 20.8 Å². The van der Waals surface area contributed by atoms with Crippen molar-refractivity contribution in [3.05, 3.63) is 53.1 Å². The highest BCUT2D eigenvalue weighted by molar-refractivity contribution is 7.89. The standard InChI is InChI=1S/C20H23ClN2O4S/c1-4-27-16-10-7-13(21)11-15(16)23-19(24)18-17(20(18,2)3)12-5-8-14(9-6-12)28(22,25)26/h5-11,17-18H,4H2,1-3H3,(H,23,24)(H2,22,25,26)/t17-,18+/m0/s1. The fourth-order valence-corrected chi connectivity index (χ4v) is 4.39. The Hall–Kier alpha value is -2.09. The molecular formula is C20H23ClN2O4S. The van der Waals surface area contributed by atoms with Gasteiger partial charge in [-0.15, -0.1) is 0 Å². The predicted octanol–water partition coefficient (Wildman–Crippen LogP) is 3.76. The van der Waals surface area contributed by atoms with Gasteiger partial charge in [-0.1, -0.05) is 37.6 Å². The summed E-state index contributed by atoms with van der Waals surface area (Å²) in [5, 5.41) is 8.58. The Kier molecular flexibility index (Phi) is 5.44. The minimum Gasteiger partial charge on any atom is -0.492 e. The Morgan fingerprint density at radius 3 is 2.43 bits per heavy atom. The van der Waals surface area contributed by atoms with Crippen LogP contribution in [0.5, 0.6) is 5.75 Å². The molecule has 1 amide bonds. The van der Waals surface area contributed by atoms with Crippen LogP contribution in [0.15, 0.2) is 47.4 Å². The van der Waals surface area contributed by atoms with Gasteiger partial charge in [-0.25, -0.2) is 13.6 Å². The van der Waals surface area contributed by atoms with Crippen LogP contribution in [-0.4, -0.2) is 20.9 Å². The Morgan fingerprint density at radius 2 is 1.86 bits per heavy atom. The minimum absolute atomic E-state index is 0.0308. The normalized spacial score (nSPS) is 20.5. The van der Waals surface area contributed by atoms with Crippen LogP contribution < -0.4 is 15.2 Å². The lowest BCUT2D eigenvalue weighted by molar-refractivity contribution is -0.118. The second-order valence-electron chi connectivity index (χ2n) is 7.45. The lowest BCUT2D eigenvalue weighted by Crippen LogP contribution is -2.17. The first kappa shape index (κ1) is 20.6. The summed E-state index contributed by atoms with van der Waals surface area (Å²) >= 11 is 6.06. The number of nitrogens with one attached hydrogen (secondary N) is 1.